The molecule has 202 valence electrons. The molecule has 3 aromatic rings. The van der Waals surface area contributed by atoms with Gasteiger partial charge in [0.15, 0.2) is 0 Å². The van der Waals surface area contributed by atoms with Crippen LogP contribution >= 0.6 is 0 Å². The molecule has 5 rings (SSSR count). The normalized spacial score (nSPS) is 21.4. The summed E-state index contributed by atoms with van der Waals surface area (Å²) in [6, 6.07) is 6.72. The molecular weight excluding hydrogens is 495 g/mol. The third-order valence-electron chi connectivity index (χ3n) is 7.33. The number of hydrogen-bond acceptors (Lipinski definition) is 7. The minimum atomic E-state index is -1.40. The Labute approximate surface area is 219 Å². The average Bonchev–Trinajstić information content (AvgIpc) is 2.88. The fourth-order valence-corrected chi connectivity index (χ4v) is 5.40. The minimum Gasteiger partial charge on any atom is -0.385 e. The summed E-state index contributed by atoms with van der Waals surface area (Å²) in [6.07, 6.45) is 4.82. The molecule has 0 unspecified atom stereocenters. The highest BCUT2D eigenvalue weighted by Gasteiger charge is 2.34. The van der Waals surface area contributed by atoms with E-state index >= 15 is 8.78 Å². The van der Waals surface area contributed by atoms with Gasteiger partial charge in [0.25, 0.3) is 0 Å². The number of aromatic nitrogens is 2. The first-order valence-electron chi connectivity index (χ1n) is 12.9. The molecule has 1 aromatic carbocycles. The number of ether oxygens (including phenoxy) is 1. The predicted octanol–water partition coefficient (Wildman–Crippen LogP) is 4.34. The summed E-state index contributed by atoms with van der Waals surface area (Å²) >= 11 is 0. The molecule has 4 N–H and O–H groups in total. The number of nitrogens with one attached hydrogen (secondary N) is 1. The zero-order chi connectivity index (χ0) is 26.9. The lowest BCUT2D eigenvalue weighted by molar-refractivity contribution is -0.0682. The van der Waals surface area contributed by atoms with Crippen LogP contribution in [0.4, 0.5) is 24.5 Å². The van der Waals surface area contributed by atoms with Crippen molar-refractivity contribution < 1.29 is 23.0 Å². The number of piperidine rings is 1. The van der Waals surface area contributed by atoms with E-state index in [1.54, 1.807) is 12.4 Å². The summed E-state index contributed by atoms with van der Waals surface area (Å²) in [5.41, 5.74) is 6.05. The standard InChI is InChI=1S/C28H32F3N5O2/c1-17-10-19(32)16-36(15-17)25-4-7-33-14-24(25)34-13-20-2-3-21(29)27(35-20)26-22(30)11-18(12-23(26)31)28(37)5-8-38-9-6-28/h2-4,7,11-12,14,17,19,34,37H,5-6,8-10,13,15-16,32H2,1H3/t17-,19+/m1/s1. The van der Waals surface area contributed by atoms with Gasteiger partial charge in [-0.3, -0.25) is 4.98 Å². The van der Waals surface area contributed by atoms with Crippen molar-refractivity contribution in [3.8, 4) is 11.3 Å². The Bertz CT molecular complexity index is 1270. The summed E-state index contributed by atoms with van der Waals surface area (Å²) in [5.74, 6) is -2.37. The monoisotopic (exact) mass is 527 g/mol. The van der Waals surface area contributed by atoms with Crippen LogP contribution in [-0.2, 0) is 16.9 Å². The van der Waals surface area contributed by atoms with Crippen LogP contribution in [0.3, 0.4) is 0 Å². The topological polar surface area (TPSA) is 96.5 Å². The molecule has 0 bridgehead atoms. The van der Waals surface area contributed by atoms with Crippen molar-refractivity contribution in [2.45, 2.75) is 44.4 Å². The maximum absolute atomic E-state index is 15.2. The number of nitrogens with zero attached hydrogens (tertiary/aromatic N) is 3. The zero-order valence-electron chi connectivity index (χ0n) is 21.3. The molecule has 2 saturated heterocycles. The van der Waals surface area contributed by atoms with Gasteiger partial charge in [0.05, 0.1) is 41.0 Å². The molecule has 38 heavy (non-hydrogen) atoms. The lowest BCUT2D eigenvalue weighted by Crippen LogP contribution is -2.46. The van der Waals surface area contributed by atoms with Crippen LogP contribution in [0.15, 0.2) is 42.7 Å². The van der Waals surface area contributed by atoms with E-state index in [1.165, 1.54) is 6.07 Å². The van der Waals surface area contributed by atoms with Crippen LogP contribution < -0.4 is 16.0 Å². The molecule has 2 fully saturated rings. The quantitative estimate of drug-likeness (QED) is 0.439. The van der Waals surface area contributed by atoms with E-state index in [1.807, 2.05) is 6.07 Å². The molecule has 2 aliphatic heterocycles. The number of pyridine rings is 2. The lowest BCUT2D eigenvalue weighted by atomic mass is 9.85. The van der Waals surface area contributed by atoms with E-state index in [0.29, 0.717) is 11.6 Å². The highest BCUT2D eigenvalue weighted by atomic mass is 19.1. The van der Waals surface area contributed by atoms with Gasteiger partial charge in [0, 0.05) is 51.4 Å². The molecule has 4 heterocycles. The molecule has 2 aromatic heterocycles. The number of hydrogen-bond donors (Lipinski definition) is 3. The number of halogens is 3. The minimum absolute atomic E-state index is 0.0735. The molecular formula is C28H32F3N5O2. The van der Waals surface area contributed by atoms with E-state index < -0.39 is 34.3 Å². The van der Waals surface area contributed by atoms with E-state index in [0.717, 1.165) is 49.1 Å². The molecule has 0 aliphatic carbocycles. The van der Waals surface area contributed by atoms with Crippen molar-refractivity contribution in [2.24, 2.45) is 11.7 Å². The van der Waals surface area contributed by atoms with Crippen LogP contribution in [-0.4, -0.2) is 47.4 Å². The van der Waals surface area contributed by atoms with Gasteiger partial charge in [-0.25, -0.2) is 18.2 Å². The maximum Gasteiger partial charge on any atom is 0.149 e. The first-order valence-corrected chi connectivity index (χ1v) is 12.9. The Morgan fingerprint density at radius 3 is 2.55 bits per heavy atom. The fourth-order valence-electron chi connectivity index (χ4n) is 5.40. The maximum atomic E-state index is 15.2. The highest BCUT2D eigenvalue weighted by molar-refractivity contribution is 5.69. The van der Waals surface area contributed by atoms with Gasteiger partial charge in [0.2, 0.25) is 0 Å². The first-order chi connectivity index (χ1) is 18.2. The molecule has 0 saturated carbocycles. The summed E-state index contributed by atoms with van der Waals surface area (Å²) in [5, 5.41) is 14.1. The van der Waals surface area contributed by atoms with Crippen LogP contribution in [0.5, 0.6) is 0 Å². The van der Waals surface area contributed by atoms with Crippen LogP contribution in [0.2, 0.25) is 0 Å². The van der Waals surface area contributed by atoms with Crippen molar-refractivity contribution in [3.05, 3.63) is 71.4 Å². The van der Waals surface area contributed by atoms with Crippen LogP contribution in [0, 0.1) is 23.4 Å². The second-order valence-electron chi connectivity index (χ2n) is 10.3. The van der Waals surface area contributed by atoms with Gasteiger partial charge in [-0.05, 0) is 48.2 Å². The van der Waals surface area contributed by atoms with Gasteiger partial charge in [-0.15, -0.1) is 0 Å². The Morgan fingerprint density at radius 1 is 1.11 bits per heavy atom. The largest absolute Gasteiger partial charge is 0.385 e. The number of anilines is 2. The Kier molecular flexibility index (Phi) is 7.56. The molecule has 0 radical (unpaired) electrons. The van der Waals surface area contributed by atoms with Gasteiger partial charge in [0.1, 0.15) is 23.1 Å². The Balaban J connectivity index is 1.39. The Hall–Kier alpha value is -3.21. The molecule has 2 atom stereocenters. The number of aliphatic hydroxyl groups is 1. The van der Waals surface area contributed by atoms with Gasteiger partial charge < -0.3 is 25.8 Å². The van der Waals surface area contributed by atoms with Crippen molar-refractivity contribution in [3.63, 3.8) is 0 Å². The van der Waals surface area contributed by atoms with Gasteiger partial charge >= 0.3 is 0 Å². The molecule has 2 aliphatic rings. The zero-order valence-corrected chi connectivity index (χ0v) is 21.3. The van der Waals surface area contributed by atoms with Crippen molar-refractivity contribution >= 4 is 11.4 Å². The summed E-state index contributed by atoms with van der Waals surface area (Å²) in [6.45, 7) is 4.51. The number of nitrogens with two attached hydrogens (primary N) is 1. The summed E-state index contributed by atoms with van der Waals surface area (Å²) in [4.78, 5) is 10.7. The second-order valence-corrected chi connectivity index (χ2v) is 10.3. The van der Waals surface area contributed by atoms with Crippen LogP contribution in [0.25, 0.3) is 11.3 Å². The molecule has 0 amide bonds. The Morgan fingerprint density at radius 2 is 1.84 bits per heavy atom. The van der Waals surface area contributed by atoms with Crippen molar-refractivity contribution in [1.82, 2.24) is 9.97 Å². The number of rotatable bonds is 6. The molecule has 10 heteroatoms. The van der Waals surface area contributed by atoms with Gasteiger partial charge in [-0.2, -0.15) is 0 Å². The van der Waals surface area contributed by atoms with E-state index in [9.17, 15) is 9.50 Å². The third kappa shape index (κ3) is 5.48. The fraction of sp³-hybridized carbons (Fsp3) is 0.429. The van der Waals surface area contributed by atoms with Gasteiger partial charge in [-0.1, -0.05) is 6.92 Å². The first kappa shape index (κ1) is 26.4. The number of benzene rings is 1. The molecule has 0 spiro atoms. The van der Waals surface area contributed by atoms with Crippen molar-refractivity contribution in [2.75, 3.05) is 36.5 Å². The average molecular weight is 528 g/mol. The summed E-state index contributed by atoms with van der Waals surface area (Å²) < 4.78 is 50.4. The van der Waals surface area contributed by atoms with Crippen LogP contribution in [0.1, 0.15) is 37.4 Å². The smallest absolute Gasteiger partial charge is 0.149 e. The van der Waals surface area contributed by atoms with E-state index in [4.69, 9.17) is 10.5 Å². The third-order valence-corrected chi connectivity index (χ3v) is 7.33. The van der Waals surface area contributed by atoms with E-state index in [-0.39, 0.29) is 44.2 Å². The van der Waals surface area contributed by atoms with E-state index in [2.05, 4.69) is 27.1 Å². The SMILES string of the molecule is C[C@@H]1C[C@H](N)CN(c2ccncc2NCc2ccc(F)c(-c3c(F)cc(C4(O)CCOCC4)cc3F)n2)C1. The lowest BCUT2D eigenvalue weighted by Gasteiger charge is -2.37. The second kappa shape index (κ2) is 10.9. The molecule has 7 nitrogen and oxygen atoms in total. The summed E-state index contributed by atoms with van der Waals surface area (Å²) in [7, 11) is 0. The predicted molar refractivity (Wildman–Crippen MR) is 139 cm³/mol. The highest BCUT2D eigenvalue weighted by Crippen LogP contribution is 2.36. The van der Waals surface area contributed by atoms with Crippen molar-refractivity contribution in [1.29, 1.82) is 0 Å².